The van der Waals surface area contributed by atoms with Crippen molar-refractivity contribution in [3.63, 3.8) is 0 Å². The van der Waals surface area contributed by atoms with Crippen LogP contribution in [0.3, 0.4) is 0 Å². The maximum atomic E-state index is 9.21. The fourth-order valence-electron chi connectivity index (χ4n) is 2.53. The van der Waals surface area contributed by atoms with Crippen LogP contribution >= 0.6 is 11.6 Å². The first-order valence-electron chi connectivity index (χ1n) is 5.58. The van der Waals surface area contributed by atoms with Gasteiger partial charge in [-0.1, -0.05) is 25.0 Å². The topological polar surface area (TPSA) is 20.2 Å². The van der Waals surface area contributed by atoms with Gasteiger partial charge < -0.3 is 5.11 Å². The molecule has 82 valence electrons. The molecule has 0 unspecified atom stereocenters. The predicted molar refractivity (Wildman–Crippen MR) is 63.4 cm³/mol. The number of halogens is 1. The highest BCUT2D eigenvalue weighted by Gasteiger charge is 2.32. The second-order valence-corrected chi connectivity index (χ2v) is 4.95. The van der Waals surface area contributed by atoms with E-state index in [0.29, 0.717) is 11.2 Å². The van der Waals surface area contributed by atoms with Crippen LogP contribution in [0.15, 0.2) is 24.3 Å². The van der Waals surface area contributed by atoms with Crippen molar-refractivity contribution < 1.29 is 5.11 Å². The molecule has 1 aliphatic carbocycles. The van der Waals surface area contributed by atoms with Crippen LogP contribution in [0.4, 0.5) is 0 Å². The summed E-state index contributed by atoms with van der Waals surface area (Å²) >= 11 is 6.10. The zero-order chi connectivity index (χ0) is 10.7. The number of alkyl halides is 1. The van der Waals surface area contributed by atoms with Crippen LogP contribution in [-0.4, -0.2) is 11.0 Å². The van der Waals surface area contributed by atoms with Crippen molar-refractivity contribution >= 4 is 11.6 Å². The third-order valence-corrected chi connectivity index (χ3v) is 4.03. The summed E-state index contributed by atoms with van der Waals surface area (Å²) in [5, 5.41) is 9.21. The lowest BCUT2D eigenvalue weighted by Gasteiger charge is -2.26. The van der Waals surface area contributed by atoms with Crippen LogP contribution < -0.4 is 0 Å². The van der Waals surface area contributed by atoms with Gasteiger partial charge in [-0.05, 0) is 42.4 Å². The Morgan fingerprint density at radius 2 is 1.73 bits per heavy atom. The van der Waals surface area contributed by atoms with Gasteiger partial charge in [-0.25, -0.2) is 0 Å². The molecule has 0 spiro atoms. The lowest BCUT2D eigenvalue weighted by Crippen LogP contribution is -2.21. The third kappa shape index (κ3) is 2.46. The van der Waals surface area contributed by atoms with Crippen molar-refractivity contribution in [1.29, 1.82) is 0 Å². The SMILES string of the molecule is Oc1ccc(CC2(CCl)CCCC2)cc1. The first-order chi connectivity index (χ1) is 7.24. The zero-order valence-corrected chi connectivity index (χ0v) is 9.63. The first-order valence-corrected chi connectivity index (χ1v) is 6.11. The second kappa shape index (κ2) is 4.44. The number of phenols is 1. The van der Waals surface area contributed by atoms with Crippen molar-refractivity contribution in [1.82, 2.24) is 0 Å². The van der Waals surface area contributed by atoms with E-state index in [2.05, 4.69) is 0 Å². The monoisotopic (exact) mass is 224 g/mol. The minimum absolute atomic E-state index is 0.318. The number of aromatic hydroxyl groups is 1. The quantitative estimate of drug-likeness (QED) is 0.776. The lowest BCUT2D eigenvalue weighted by molar-refractivity contribution is 0.341. The first kappa shape index (κ1) is 10.8. The normalized spacial score (nSPS) is 19.3. The number of hydrogen-bond acceptors (Lipinski definition) is 1. The van der Waals surface area contributed by atoms with Gasteiger partial charge in [-0.15, -0.1) is 11.6 Å². The summed E-state index contributed by atoms with van der Waals surface area (Å²) in [6.07, 6.45) is 6.17. The summed E-state index contributed by atoms with van der Waals surface area (Å²) in [5.41, 5.74) is 1.61. The van der Waals surface area contributed by atoms with E-state index in [-0.39, 0.29) is 0 Å². The molecule has 2 rings (SSSR count). The van der Waals surface area contributed by atoms with Gasteiger partial charge in [-0.3, -0.25) is 0 Å². The van der Waals surface area contributed by atoms with Crippen molar-refractivity contribution in [2.45, 2.75) is 32.1 Å². The molecule has 2 heteroatoms. The molecule has 1 aromatic rings. The summed E-state index contributed by atoms with van der Waals surface area (Å²) in [6, 6.07) is 7.52. The number of benzene rings is 1. The predicted octanol–water partition coefficient (Wildman–Crippen LogP) is 3.73. The van der Waals surface area contributed by atoms with Gasteiger partial charge in [0, 0.05) is 5.88 Å². The number of hydrogen-bond donors (Lipinski definition) is 1. The molecule has 1 aliphatic rings. The average molecular weight is 225 g/mol. The standard InChI is InChI=1S/C13H17ClO/c14-10-13(7-1-2-8-13)9-11-3-5-12(15)6-4-11/h3-6,15H,1-2,7-10H2. The summed E-state index contributed by atoms with van der Waals surface area (Å²) in [5.74, 6) is 1.10. The molecule has 0 aliphatic heterocycles. The van der Waals surface area contributed by atoms with Crippen molar-refractivity contribution in [2.75, 3.05) is 5.88 Å². The van der Waals surface area contributed by atoms with E-state index in [1.54, 1.807) is 12.1 Å². The van der Waals surface area contributed by atoms with E-state index < -0.39 is 0 Å². The van der Waals surface area contributed by atoms with Gasteiger partial charge >= 0.3 is 0 Å². The van der Waals surface area contributed by atoms with E-state index in [1.165, 1.54) is 31.2 Å². The van der Waals surface area contributed by atoms with E-state index in [1.807, 2.05) is 12.1 Å². The molecular weight excluding hydrogens is 208 g/mol. The Balaban J connectivity index is 2.09. The van der Waals surface area contributed by atoms with E-state index >= 15 is 0 Å². The van der Waals surface area contributed by atoms with E-state index in [9.17, 15) is 5.11 Å². The van der Waals surface area contributed by atoms with Gasteiger partial charge in [0.05, 0.1) is 0 Å². The van der Waals surface area contributed by atoms with Crippen LogP contribution in [0, 0.1) is 5.41 Å². The molecule has 15 heavy (non-hydrogen) atoms. The Hall–Kier alpha value is -0.690. The molecular formula is C13H17ClO. The van der Waals surface area contributed by atoms with Gasteiger partial charge in [0.25, 0.3) is 0 Å². The lowest BCUT2D eigenvalue weighted by atomic mass is 9.82. The fraction of sp³-hybridized carbons (Fsp3) is 0.538. The van der Waals surface area contributed by atoms with Crippen molar-refractivity contribution in [2.24, 2.45) is 5.41 Å². The Kier molecular flexibility index (Phi) is 3.20. The molecule has 1 nitrogen and oxygen atoms in total. The molecule has 0 heterocycles. The van der Waals surface area contributed by atoms with Crippen LogP contribution in [0.25, 0.3) is 0 Å². The van der Waals surface area contributed by atoms with Gasteiger partial charge in [0.2, 0.25) is 0 Å². The minimum Gasteiger partial charge on any atom is -0.508 e. The zero-order valence-electron chi connectivity index (χ0n) is 8.88. The molecule has 0 aromatic heterocycles. The summed E-state index contributed by atoms with van der Waals surface area (Å²) in [7, 11) is 0. The van der Waals surface area contributed by atoms with Crippen LogP contribution in [0.1, 0.15) is 31.2 Å². The van der Waals surface area contributed by atoms with Crippen molar-refractivity contribution in [3.8, 4) is 5.75 Å². The third-order valence-electron chi connectivity index (χ3n) is 3.46. The van der Waals surface area contributed by atoms with Crippen LogP contribution in [0.2, 0.25) is 0 Å². The summed E-state index contributed by atoms with van der Waals surface area (Å²) < 4.78 is 0. The number of phenolic OH excluding ortho intramolecular Hbond substituents is 1. The van der Waals surface area contributed by atoms with Gasteiger partial charge in [0.1, 0.15) is 5.75 Å². The van der Waals surface area contributed by atoms with Crippen LogP contribution in [0.5, 0.6) is 5.75 Å². The smallest absolute Gasteiger partial charge is 0.115 e. The van der Waals surface area contributed by atoms with E-state index in [4.69, 9.17) is 11.6 Å². The Bertz CT molecular complexity index is 312. The number of rotatable bonds is 3. The second-order valence-electron chi connectivity index (χ2n) is 4.68. The summed E-state index contributed by atoms with van der Waals surface area (Å²) in [4.78, 5) is 0. The minimum atomic E-state index is 0.318. The molecule has 1 aromatic carbocycles. The highest BCUT2D eigenvalue weighted by atomic mass is 35.5. The molecule has 0 atom stereocenters. The Labute approximate surface area is 96.1 Å². The molecule has 1 fully saturated rings. The Morgan fingerprint density at radius 3 is 2.27 bits per heavy atom. The molecule has 0 bridgehead atoms. The summed E-state index contributed by atoms with van der Waals surface area (Å²) in [6.45, 7) is 0. The van der Waals surface area contributed by atoms with Crippen LogP contribution in [-0.2, 0) is 6.42 Å². The van der Waals surface area contributed by atoms with Gasteiger partial charge in [0.15, 0.2) is 0 Å². The molecule has 0 radical (unpaired) electrons. The molecule has 0 amide bonds. The fourth-order valence-corrected chi connectivity index (χ4v) is 2.89. The molecule has 1 N–H and O–H groups in total. The molecule has 0 saturated heterocycles. The van der Waals surface area contributed by atoms with E-state index in [0.717, 1.165) is 12.3 Å². The van der Waals surface area contributed by atoms with Crippen molar-refractivity contribution in [3.05, 3.63) is 29.8 Å². The van der Waals surface area contributed by atoms with Gasteiger partial charge in [-0.2, -0.15) is 0 Å². The largest absolute Gasteiger partial charge is 0.508 e. The maximum absolute atomic E-state index is 9.21. The Morgan fingerprint density at radius 1 is 1.13 bits per heavy atom. The maximum Gasteiger partial charge on any atom is 0.115 e. The average Bonchev–Trinajstić information content (AvgIpc) is 2.71. The molecule has 1 saturated carbocycles. The highest BCUT2D eigenvalue weighted by Crippen LogP contribution is 2.41. The highest BCUT2D eigenvalue weighted by molar-refractivity contribution is 6.18.